The molecular formula is C19H29BrO. The zero-order valence-electron chi connectivity index (χ0n) is 13.5. The molecule has 0 aliphatic heterocycles. The molecule has 0 spiro atoms. The highest BCUT2D eigenvalue weighted by Gasteiger charge is 2.61. The van der Waals surface area contributed by atoms with Gasteiger partial charge in [0.25, 0.3) is 0 Å². The summed E-state index contributed by atoms with van der Waals surface area (Å²) in [4.78, 5) is 12.8. The van der Waals surface area contributed by atoms with Gasteiger partial charge in [-0.05, 0) is 74.0 Å². The Morgan fingerprint density at radius 2 is 1.81 bits per heavy atom. The number of carbonyl (C=O) groups excluding carboxylic acids is 1. The maximum atomic E-state index is 12.7. The van der Waals surface area contributed by atoms with Gasteiger partial charge >= 0.3 is 0 Å². The predicted molar refractivity (Wildman–Crippen MR) is 89.4 cm³/mol. The summed E-state index contributed by atoms with van der Waals surface area (Å²) in [5, 5.41) is 0. The predicted octanol–water partition coefficient (Wildman–Crippen LogP) is 5.36. The third-order valence-corrected chi connectivity index (χ3v) is 9.07. The number of hydrogen-bond acceptors (Lipinski definition) is 1. The number of carbonyl (C=O) groups is 1. The molecule has 1 unspecified atom stereocenters. The topological polar surface area (TPSA) is 17.1 Å². The van der Waals surface area contributed by atoms with E-state index in [1.165, 1.54) is 44.9 Å². The minimum absolute atomic E-state index is 0.00675. The summed E-state index contributed by atoms with van der Waals surface area (Å²) < 4.78 is 0. The number of hydrogen-bond donors (Lipinski definition) is 0. The lowest BCUT2D eigenvalue weighted by Crippen LogP contribution is -2.52. The number of ketones is 1. The molecule has 4 rings (SSSR count). The van der Waals surface area contributed by atoms with Crippen LogP contribution in [0.1, 0.15) is 71.6 Å². The normalized spacial score (nSPS) is 56.5. The van der Waals surface area contributed by atoms with Gasteiger partial charge in [-0.2, -0.15) is 0 Å². The van der Waals surface area contributed by atoms with Crippen LogP contribution in [-0.4, -0.2) is 10.6 Å². The van der Waals surface area contributed by atoms with Gasteiger partial charge in [-0.1, -0.05) is 42.6 Å². The fourth-order valence-corrected chi connectivity index (χ4v) is 7.97. The molecule has 1 nitrogen and oxygen atoms in total. The minimum atomic E-state index is -0.00675. The molecule has 21 heavy (non-hydrogen) atoms. The van der Waals surface area contributed by atoms with Crippen LogP contribution in [0.3, 0.4) is 0 Å². The molecule has 4 aliphatic rings. The summed E-state index contributed by atoms with van der Waals surface area (Å²) in [6.07, 6.45) is 12.2. The largest absolute Gasteiger partial charge is 0.298 e. The first kappa shape index (κ1) is 14.7. The Labute approximate surface area is 137 Å². The number of halogens is 1. The van der Waals surface area contributed by atoms with Gasteiger partial charge in [-0.15, -0.1) is 0 Å². The van der Waals surface area contributed by atoms with Gasteiger partial charge in [0.1, 0.15) is 0 Å². The summed E-state index contributed by atoms with van der Waals surface area (Å²) in [6, 6.07) is 0. The number of fused-ring (bicyclic) bond motifs is 5. The number of Topliss-reactive ketones (excluding diaryl/α,β-unsaturated/α-hetero) is 1. The van der Waals surface area contributed by atoms with Gasteiger partial charge in [0.15, 0.2) is 5.78 Å². The fraction of sp³-hybridized carbons (Fsp3) is 0.947. The third-order valence-electron chi connectivity index (χ3n) is 8.28. The maximum Gasteiger partial charge on any atom is 0.152 e. The lowest BCUT2D eigenvalue weighted by molar-refractivity contribution is -0.138. The SMILES string of the molecule is C[C@]12CCCCC1CC[C@@H]1[C@@H]2CC[C@]2(C)C(=O)[C@H](Br)C[C@@H]12. The second-order valence-electron chi connectivity index (χ2n) is 8.93. The van der Waals surface area contributed by atoms with E-state index < -0.39 is 0 Å². The second-order valence-corrected chi connectivity index (χ2v) is 10.0. The van der Waals surface area contributed by atoms with Crippen LogP contribution in [0.4, 0.5) is 0 Å². The van der Waals surface area contributed by atoms with Crippen LogP contribution < -0.4 is 0 Å². The van der Waals surface area contributed by atoms with Crippen molar-refractivity contribution in [3.8, 4) is 0 Å². The average molecular weight is 353 g/mol. The van der Waals surface area contributed by atoms with Crippen molar-refractivity contribution in [2.75, 3.05) is 0 Å². The summed E-state index contributed by atoms with van der Waals surface area (Å²) >= 11 is 3.68. The molecule has 4 aliphatic carbocycles. The van der Waals surface area contributed by atoms with E-state index in [1.54, 1.807) is 0 Å². The molecule has 0 aromatic carbocycles. The molecule has 118 valence electrons. The summed E-state index contributed by atoms with van der Waals surface area (Å²) in [5.74, 6) is 3.89. The molecule has 0 aromatic heterocycles. The van der Waals surface area contributed by atoms with Crippen LogP contribution in [0.15, 0.2) is 0 Å². The third kappa shape index (κ3) is 1.90. The van der Waals surface area contributed by atoms with E-state index in [9.17, 15) is 4.79 Å². The van der Waals surface area contributed by atoms with Crippen molar-refractivity contribution < 1.29 is 4.79 Å². The van der Waals surface area contributed by atoms with Gasteiger partial charge in [0.05, 0.1) is 4.83 Å². The van der Waals surface area contributed by atoms with Crippen LogP contribution in [0.2, 0.25) is 0 Å². The first-order chi connectivity index (χ1) is 9.97. The van der Waals surface area contributed by atoms with Crippen LogP contribution in [0.25, 0.3) is 0 Å². The Balaban J connectivity index is 1.67. The van der Waals surface area contributed by atoms with E-state index in [-0.39, 0.29) is 10.2 Å². The molecule has 0 saturated heterocycles. The zero-order valence-corrected chi connectivity index (χ0v) is 15.1. The summed E-state index contributed by atoms with van der Waals surface area (Å²) in [5.41, 5.74) is 0.586. The highest BCUT2D eigenvalue weighted by Crippen LogP contribution is 2.65. The lowest BCUT2D eigenvalue weighted by atomic mass is 9.45. The maximum absolute atomic E-state index is 12.7. The Morgan fingerprint density at radius 3 is 2.62 bits per heavy atom. The molecule has 4 fully saturated rings. The van der Waals surface area contributed by atoms with Gasteiger partial charge in [-0.25, -0.2) is 0 Å². The average Bonchev–Trinajstić information content (AvgIpc) is 2.70. The van der Waals surface area contributed by atoms with E-state index in [1.807, 2.05) is 0 Å². The Morgan fingerprint density at radius 1 is 1.00 bits per heavy atom. The minimum Gasteiger partial charge on any atom is -0.298 e. The molecule has 0 bridgehead atoms. The lowest BCUT2D eigenvalue weighted by Gasteiger charge is -2.59. The van der Waals surface area contributed by atoms with Crippen LogP contribution >= 0.6 is 15.9 Å². The Bertz CT molecular complexity index is 460. The second kappa shape index (κ2) is 4.82. The van der Waals surface area contributed by atoms with E-state index in [2.05, 4.69) is 29.8 Å². The smallest absolute Gasteiger partial charge is 0.152 e. The molecule has 7 atom stereocenters. The van der Waals surface area contributed by atoms with Crippen molar-refractivity contribution in [1.29, 1.82) is 0 Å². The van der Waals surface area contributed by atoms with Gasteiger partial charge in [0, 0.05) is 5.41 Å². The summed E-state index contributed by atoms with van der Waals surface area (Å²) in [7, 11) is 0. The molecule has 0 radical (unpaired) electrons. The molecule has 2 heteroatoms. The number of alkyl halides is 1. The molecule has 4 saturated carbocycles. The van der Waals surface area contributed by atoms with Crippen molar-refractivity contribution in [2.24, 2.45) is 34.5 Å². The fourth-order valence-electron chi connectivity index (χ4n) is 7.04. The standard InChI is InChI=1S/C19H29BrO/c1-18-9-4-3-5-12(18)6-7-13-14(18)8-10-19(2)15(13)11-16(20)17(19)21/h12-16H,3-11H2,1-2H3/t12?,13-,14+,15+,16-,18+,19+/m1/s1. The first-order valence-electron chi connectivity index (χ1n) is 9.15. The van der Waals surface area contributed by atoms with E-state index in [0.717, 1.165) is 30.6 Å². The highest BCUT2D eigenvalue weighted by molar-refractivity contribution is 9.10. The Kier molecular flexibility index (Phi) is 3.38. The van der Waals surface area contributed by atoms with Crippen molar-refractivity contribution in [2.45, 2.75) is 76.5 Å². The van der Waals surface area contributed by atoms with Crippen molar-refractivity contribution in [3.63, 3.8) is 0 Å². The van der Waals surface area contributed by atoms with Crippen LogP contribution in [0, 0.1) is 34.5 Å². The van der Waals surface area contributed by atoms with E-state index >= 15 is 0 Å². The van der Waals surface area contributed by atoms with Crippen LogP contribution in [0.5, 0.6) is 0 Å². The highest BCUT2D eigenvalue weighted by atomic mass is 79.9. The van der Waals surface area contributed by atoms with E-state index in [4.69, 9.17) is 0 Å². The van der Waals surface area contributed by atoms with Gasteiger partial charge in [-0.3, -0.25) is 4.79 Å². The number of rotatable bonds is 0. The van der Waals surface area contributed by atoms with Crippen molar-refractivity contribution in [1.82, 2.24) is 0 Å². The zero-order chi connectivity index (χ0) is 14.8. The molecular weight excluding hydrogens is 324 g/mol. The molecule has 0 N–H and O–H groups in total. The monoisotopic (exact) mass is 352 g/mol. The van der Waals surface area contributed by atoms with Crippen molar-refractivity contribution in [3.05, 3.63) is 0 Å². The molecule has 0 heterocycles. The molecule has 0 amide bonds. The quantitative estimate of drug-likeness (QED) is 0.536. The van der Waals surface area contributed by atoms with Crippen LogP contribution in [-0.2, 0) is 4.79 Å². The van der Waals surface area contributed by atoms with E-state index in [0.29, 0.717) is 17.1 Å². The van der Waals surface area contributed by atoms with Gasteiger partial charge in [0.2, 0.25) is 0 Å². The van der Waals surface area contributed by atoms with Gasteiger partial charge < -0.3 is 0 Å². The first-order valence-corrected chi connectivity index (χ1v) is 10.1. The Hall–Kier alpha value is 0.150. The molecule has 0 aromatic rings. The van der Waals surface area contributed by atoms with Crippen molar-refractivity contribution >= 4 is 21.7 Å². The summed E-state index contributed by atoms with van der Waals surface area (Å²) in [6.45, 7) is 4.89.